The number of hydrogen-bond acceptors (Lipinski definition) is 22. The number of ketones is 1. The summed E-state index contributed by atoms with van der Waals surface area (Å²) in [5, 5.41) is 10.7. The van der Waals surface area contributed by atoms with Crippen molar-refractivity contribution >= 4 is 101 Å². The monoisotopic (exact) mass is 1450 g/mol. The van der Waals surface area contributed by atoms with E-state index in [1.54, 1.807) is 48.9 Å². The summed E-state index contributed by atoms with van der Waals surface area (Å²) in [6.45, 7) is 3.57. The quantitative estimate of drug-likeness (QED) is 0.0214. The summed E-state index contributed by atoms with van der Waals surface area (Å²) in [4.78, 5) is 91.4. The molecule has 30 heteroatoms. The molecule has 3 N–H and O–H groups in total. The fourth-order valence-corrected chi connectivity index (χ4v) is 14.6. The van der Waals surface area contributed by atoms with Crippen LogP contribution in [0.4, 0.5) is 5.69 Å². The Morgan fingerprint density at radius 1 is 0.574 bits per heavy atom. The number of rotatable bonds is 17. The molecule has 4 aromatic heterocycles. The summed E-state index contributed by atoms with van der Waals surface area (Å²) in [5.74, 6) is 6.22. The van der Waals surface area contributed by atoms with Crippen LogP contribution in [-0.2, 0) is 63.2 Å². The van der Waals surface area contributed by atoms with Crippen molar-refractivity contribution in [2.24, 2.45) is 31.7 Å². The molecule has 9 heterocycles. The van der Waals surface area contributed by atoms with Gasteiger partial charge in [-0.2, -0.15) is 0 Å². The molecule has 7 aromatic rings. The highest BCUT2D eigenvalue weighted by atomic mass is 35.5. The smallest absolute Gasteiger partial charge is 0.397 e. The molecular weight excluding hydrogens is 1380 g/mol. The number of hydrazine groups is 1. The number of benzene rings is 3. The van der Waals surface area contributed by atoms with Crippen LogP contribution in [-0.4, -0.2) is 178 Å². The SMILES string of the molecule is COC(=O)CC[C@@H]1N=C(c2ccccn2)c2cc(Cl)ccc2-n2c(C3CC3)nnc21.COC(=O)CC[C@@H]1N=C(c2ccccn2)c2cc(Cl)ccc2CC1=O.COC(=O)CC[C@@H]1N=C(c2ccccn2)c2cc(Cl)ccc2N=C1OP(=O)(N1CCOCC1)N1CCOCC1.NNC(=O)C1CC1. The van der Waals surface area contributed by atoms with E-state index in [-0.39, 0.29) is 73.6 Å². The third kappa shape index (κ3) is 18.7. The number of Topliss-reactive ketones (excluding diaryl/α,β-unsaturated/α-hetero) is 1. The van der Waals surface area contributed by atoms with Gasteiger partial charge >= 0.3 is 25.6 Å². The normalized spacial score (nSPS) is 18.7. The second-order valence-corrected chi connectivity index (χ2v) is 27.8. The van der Waals surface area contributed by atoms with Gasteiger partial charge in [-0.3, -0.25) is 63.9 Å². The zero-order chi connectivity index (χ0) is 71.0. The summed E-state index contributed by atoms with van der Waals surface area (Å²) in [5.41, 5.74) is 10.7. The molecular formula is C71H76Cl3N14O12P. The fourth-order valence-electron chi connectivity index (χ4n) is 11.7. The van der Waals surface area contributed by atoms with E-state index < -0.39 is 25.7 Å². The maximum atomic E-state index is 14.8. The highest BCUT2D eigenvalue weighted by Gasteiger charge is 2.45. The number of methoxy groups -OCH3 is 3. The highest BCUT2D eigenvalue weighted by Crippen LogP contribution is 2.56. The van der Waals surface area contributed by atoms with E-state index in [2.05, 4.69) is 44.9 Å². The van der Waals surface area contributed by atoms with Crippen LogP contribution in [0.15, 0.2) is 148 Å². The number of pyridine rings is 3. The average molecular weight is 1450 g/mol. The molecule has 14 rings (SSSR count). The van der Waals surface area contributed by atoms with E-state index in [1.807, 2.05) is 88.2 Å². The molecule has 2 saturated heterocycles. The lowest BCUT2D eigenvalue weighted by molar-refractivity contribution is -0.141. The van der Waals surface area contributed by atoms with Gasteiger partial charge in [-0.05, 0) is 135 Å². The van der Waals surface area contributed by atoms with Crippen LogP contribution in [0.5, 0.6) is 0 Å². The Morgan fingerprint density at radius 3 is 1.54 bits per heavy atom. The summed E-state index contributed by atoms with van der Waals surface area (Å²) in [7, 11) is 0.449. The fraction of sp³-hybridized carbons (Fsp3) is 0.380. The first-order chi connectivity index (χ1) is 49.0. The third-order valence-electron chi connectivity index (χ3n) is 17.3. The lowest BCUT2D eigenvalue weighted by Gasteiger charge is -2.41. The summed E-state index contributed by atoms with van der Waals surface area (Å²) >= 11 is 18.9. The van der Waals surface area contributed by atoms with Gasteiger partial charge in [0, 0.05) is 114 Å². The van der Waals surface area contributed by atoms with Crippen molar-refractivity contribution in [1.82, 2.24) is 44.5 Å². The second kappa shape index (κ2) is 34.7. The van der Waals surface area contributed by atoms with E-state index in [9.17, 15) is 28.5 Å². The molecule has 528 valence electrons. The van der Waals surface area contributed by atoms with Crippen molar-refractivity contribution in [2.45, 2.75) is 94.7 Å². The Labute approximate surface area is 598 Å². The van der Waals surface area contributed by atoms with Crippen LogP contribution < -0.4 is 11.3 Å². The number of nitrogens with zero attached hydrogens (tertiary/aromatic N) is 12. The first kappa shape index (κ1) is 73.4. The maximum absolute atomic E-state index is 14.8. The molecule has 2 aliphatic carbocycles. The minimum atomic E-state index is -3.61. The van der Waals surface area contributed by atoms with Gasteiger partial charge in [0.2, 0.25) is 11.8 Å². The number of ether oxygens (including phenoxy) is 5. The number of carbonyl (C=O) groups excluding carboxylic acids is 5. The number of esters is 3. The van der Waals surface area contributed by atoms with Gasteiger partial charge < -0.3 is 28.2 Å². The average Bonchev–Trinajstić information content (AvgIpc) is 1.61. The lowest BCUT2D eigenvalue weighted by atomic mass is 9.97. The van der Waals surface area contributed by atoms with Crippen LogP contribution in [0.1, 0.15) is 127 Å². The molecule has 0 spiro atoms. The molecule has 0 radical (unpaired) electrons. The standard InChI is InChI=1S/C26H31ClN5O6P.C22H20ClN5O2.C19H17ClN2O3.C4H8N2O/c1-35-24(33)8-7-23-26(38-39(34,31-10-14-36-15-11-31)32-12-16-37-17-13-32)30-21-6-5-19(27)18-20(21)25(29-23)22-4-2-3-9-28-22;1-30-19(29)10-8-17-22-27-26-21(13-5-6-13)28(22)18-9-7-14(23)12-15(18)20(25-17)16-4-2-3-11-24-16;1-25-18(24)8-7-15-17(23)10-12-5-6-13(20)11-14(12)19(22-15)16-4-2-3-9-21-16;5-6-4(7)3-1-2-3/h2-6,9,18,23H,7-8,10-17H2,1H3;2-4,7,9,11-13,17H,5-6,8,10H2,1H3;2-6,9,11,15H,7-8,10H2,1H3;3H,1-2,5H2,(H,6,7)/t23-;17-;15-;/m000./s1. The molecule has 101 heavy (non-hydrogen) atoms. The molecule has 7 aliphatic rings. The van der Waals surface area contributed by atoms with Crippen LogP contribution in [0.3, 0.4) is 0 Å². The summed E-state index contributed by atoms with van der Waals surface area (Å²) in [6, 6.07) is 31.5. The lowest BCUT2D eigenvalue weighted by Crippen LogP contribution is -2.44. The number of carbonyl (C=O) groups is 5. The number of aliphatic imine (C=N–C) groups is 4. The number of fused-ring (bicyclic) bond motifs is 5. The van der Waals surface area contributed by atoms with Gasteiger partial charge in [0.1, 0.15) is 23.9 Å². The Bertz CT molecular complexity index is 4280. The summed E-state index contributed by atoms with van der Waals surface area (Å²) < 4.78 is 52.6. The highest BCUT2D eigenvalue weighted by molar-refractivity contribution is 7.54. The number of nitrogens with two attached hydrogens (primary N) is 1. The Kier molecular flexibility index (Phi) is 25.2. The van der Waals surface area contributed by atoms with E-state index in [0.29, 0.717) is 120 Å². The predicted molar refractivity (Wildman–Crippen MR) is 379 cm³/mol. The molecule has 1 amide bonds. The number of nitrogens with one attached hydrogen (secondary N) is 1. The largest absolute Gasteiger partial charge is 0.469 e. The zero-order valence-electron chi connectivity index (χ0n) is 55.9. The van der Waals surface area contributed by atoms with E-state index >= 15 is 0 Å². The topological polar surface area (TPSA) is 321 Å². The van der Waals surface area contributed by atoms with Crippen molar-refractivity contribution in [3.8, 4) is 5.69 Å². The molecule has 3 atom stereocenters. The zero-order valence-corrected chi connectivity index (χ0v) is 59.0. The molecule has 3 aromatic carbocycles. The second-order valence-electron chi connectivity index (χ2n) is 24.2. The van der Waals surface area contributed by atoms with Gasteiger partial charge in [0.15, 0.2) is 11.6 Å². The maximum Gasteiger partial charge on any atom is 0.397 e. The van der Waals surface area contributed by atoms with Gasteiger partial charge in [-0.1, -0.05) is 59.1 Å². The summed E-state index contributed by atoms with van der Waals surface area (Å²) in [6.07, 6.45) is 11.0. The number of amides is 1. The van der Waals surface area contributed by atoms with Crippen molar-refractivity contribution in [1.29, 1.82) is 0 Å². The Morgan fingerprint density at radius 2 is 1.04 bits per heavy atom. The van der Waals surface area contributed by atoms with Crippen LogP contribution >= 0.6 is 42.5 Å². The first-order valence-electron chi connectivity index (χ1n) is 33.2. The Balaban J connectivity index is 0.000000148. The molecule has 4 fully saturated rings. The molecule has 5 aliphatic heterocycles. The van der Waals surface area contributed by atoms with Crippen LogP contribution in [0, 0.1) is 5.92 Å². The van der Waals surface area contributed by atoms with Crippen molar-refractivity contribution in [3.63, 3.8) is 0 Å². The van der Waals surface area contributed by atoms with Gasteiger partial charge in [0.05, 0.1) is 93.3 Å². The van der Waals surface area contributed by atoms with Crippen molar-refractivity contribution < 1.29 is 56.7 Å². The Hall–Kier alpha value is -8.82. The van der Waals surface area contributed by atoms with Crippen LogP contribution in [0.2, 0.25) is 15.1 Å². The number of halogens is 3. The first-order valence-corrected chi connectivity index (χ1v) is 35.8. The molecule has 2 saturated carbocycles. The van der Waals surface area contributed by atoms with Gasteiger partial charge in [0.25, 0.3) is 0 Å². The predicted octanol–water partition coefficient (Wildman–Crippen LogP) is 10.2. The van der Waals surface area contributed by atoms with E-state index in [4.69, 9.17) is 79.1 Å². The number of morpholine rings is 2. The number of hydrogen-bond donors (Lipinski definition) is 2. The van der Waals surface area contributed by atoms with Crippen molar-refractivity contribution in [3.05, 3.63) is 194 Å². The molecule has 0 unspecified atom stereocenters. The molecule has 0 bridgehead atoms. The van der Waals surface area contributed by atoms with E-state index in [0.717, 1.165) is 71.1 Å². The van der Waals surface area contributed by atoms with Crippen molar-refractivity contribution in [2.75, 3.05) is 73.9 Å². The third-order valence-corrected chi connectivity index (χ3v) is 20.7. The van der Waals surface area contributed by atoms with E-state index in [1.165, 1.54) is 21.3 Å². The van der Waals surface area contributed by atoms with Gasteiger partial charge in [-0.25, -0.2) is 24.7 Å². The molecule has 26 nitrogen and oxygen atoms in total. The van der Waals surface area contributed by atoms with Crippen LogP contribution in [0.25, 0.3) is 5.69 Å². The minimum Gasteiger partial charge on any atom is -0.469 e. The number of aromatic nitrogens is 6. The van der Waals surface area contributed by atoms with Gasteiger partial charge in [-0.15, -0.1) is 10.2 Å². The minimum absolute atomic E-state index is 0.0139.